The second-order valence-corrected chi connectivity index (χ2v) is 24.3. The molecule has 0 saturated heterocycles. The number of quaternary nitrogens is 1. The van der Waals surface area contributed by atoms with E-state index in [-0.39, 0.29) is 31.5 Å². The number of nitrogens with one attached hydrogen (secondary N) is 1. The van der Waals surface area contributed by atoms with E-state index in [2.05, 4.69) is 50.4 Å². The summed E-state index contributed by atoms with van der Waals surface area (Å²) in [6.07, 6.45) is 65.6. The standard InChI is InChI=1S/C64H123N2O7P/c1-7-10-13-16-19-22-25-27-28-29-30-31-32-33-34-35-36-37-38-39-42-45-48-51-54-57-64(68)73-62(55-52-49-46-43-41-26-23-20-17-14-11-8-2)61(60-72-74(69,70)71-59-58-66(4,5)6)65-63(67)56-53-50-47-44-40-24-21-18-15-12-9-3/h18,21,27-28,52,55,61-62H,7-17,19-20,22-26,29-51,53-54,56-60H2,1-6H3,(H-,65,67,69,70)/b21-18-,28-27+,55-52-. The smallest absolute Gasteiger partial charge is 0.306 e. The van der Waals surface area contributed by atoms with Crippen molar-refractivity contribution < 1.29 is 37.3 Å². The molecular formula is C64H123N2O7P. The summed E-state index contributed by atoms with van der Waals surface area (Å²) in [5.74, 6) is -0.541. The highest BCUT2D eigenvalue weighted by atomic mass is 31.2. The van der Waals surface area contributed by atoms with Crippen LogP contribution < -0.4 is 10.2 Å². The molecule has 10 heteroatoms. The molecule has 0 aliphatic rings. The lowest BCUT2D eigenvalue weighted by molar-refractivity contribution is -0.870. The van der Waals surface area contributed by atoms with Gasteiger partial charge in [-0.25, -0.2) is 0 Å². The number of carbonyl (C=O) groups excluding carboxylic acids is 2. The maximum absolute atomic E-state index is 13.5. The van der Waals surface area contributed by atoms with Gasteiger partial charge in [-0.3, -0.25) is 14.2 Å². The number of likely N-dealkylation sites (N-methyl/N-ethyl adjacent to an activating group) is 1. The van der Waals surface area contributed by atoms with E-state index in [0.29, 0.717) is 17.4 Å². The Balaban J connectivity index is 5.02. The number of ether oxygens (including phenoxy) is 1. The van der Waals surface area contributed by atoms with Crippen molar-refractivity contribution >= 4 is 19.7 Å². The van der Waals surface area contributed by atoms with Gasteiger partial charge in [0, 0.05) is 12.8 Å². The maximum atomic E-state index is 13.5. The van der Waals surface area contributed by atoms with Gasteiger partial charge in [0.1, 0.15) is 19.3 Å². The Morgan fingerprint density at radius 2 is 0.797 bits per heavy atom. The first-order valence-corrected chi connectivity index (χ1v) is 33.3. The molecule has 1 amide bonds. The minimum absolute atomic E-state index is 0.0219. The van der Waals surface area contributed by atoms with Crippen molar-refractivity contribution in [3.05, 3.63) is 36.5 Å². The van der Waals surface area contributed by atoms with Crippen LogP contribution in [0.4, 0.5) is 0 Å². The van der Waals surface area contributed by atoms with Crippen molar-refractivity contribution in [2.75, 3.05) is 40.9 Å². The predicted molar refractivity (Wildman–Crippen MR) is 316 cm³/mol. The fourth-order valence-electron chi connectivity index (χ4n) is 9.32. The molecule has 0 aromatic carbocycles. The first-order valence-electron chi connectivity index (χ1n) is 31.8. The van der Waals surface area contributed by atoms with Crippen LogP contribution in [0.15, 0.2) is 36.5 Å². The molecule has 0 heterocycles. The van der Waals surface area contributed by atoms with Crippen LogP contribution in [0, 0.1) is 0 Å². The molecule has 0 aliphatic heterocycles. The highest BCUT2D eigenvalue weighted by Crippen LogP contribution is 2.38. The third-order valence-electron chi connectivity index (χ3n) is 14.3. The molecule has 436 valence electrons. The molecule has 9 nitrogen and oxygen atoms in total. The minimum atomic E-state index is -4.69. The van der Waals surface area contributed by atoms with Crippen molar-refractivity contribution in [2.45, 2.75) is 322 Å². The first kappa shape index (κ1) is 72.2. The van der Waals surface area contributed by atoms with Crippen molar-refractivity contribution in [3.63, 3.8) is 0 Å². The molecular weight excluding hydrogens is 940 g/mol. The lowest BCUT2D eigenvalue weighted by atomic mass is 10.0. The quantitative estimate of drug-likeness (QED) is 0.0212. The Kier molecular flexibility index (Phi) is 53.3. The number of phosphoric acid groups is 1. The minimum Gasteiger partial charge on any atom is -0.756 e. The number of unbranched alkanes of at least 4 members (excludes halogenated alkanes) is 38. The predicted octanol–water partition coefficient (Wildman–Crippen LogP) is 18.9. The van der Waals surface area contributed by atoms with E-state index in [1.165, 1.54) is 193 Å². The van der Waals surface area contributed by atoms with Gasteiger partial charge in [-0.05, 0) is 76.7 Å². The zero-order valence-electron chi connectivity index (χ0n) is 49.8. The van der Waals surface area contributed by atoms with Gasteiger partial charge < -0.3 is 28.5 Å². The topological polar surface area (TPSA) is 114 Å². The average molecular weight is 1060 g/mol. The monoisotopic (exact) mass is 1060 g/mol. The molecule has 0 saturated carbocycles. The Labute approximate surface area is 459 Å². The highest BCUT2D eigenvalue weighted by Gasteiger charge is 2.27. The normalized spacial score (nSPS) is 13.9. The molecule has 0 aromatic heterocycles. The van der Waals surface area contributed by atoms with Crippen LogP contribution in [0.2, 0.25) is 0 Å². The Morgan fingerprint density at radius 1 is 0.459 bits per heavy atom. The number of hydrogen-bond acceptors (Lipinski definition) is 7. The Hall–Kier alpha value is -1.77. The summed E-state index contributed by atoms with van der Waals surface area (Å²) < 4.78 is 30.3. The highest BCUT2D eigenvalue weighted by molar-refractivity contribution is 7.45. The summed E-state index contributed by atoms with van der Waals surface area (Å²) in [7, 11) is 1.19. The molecule has 0 aliphatic carbocycles. The van der Waals surface area contributed by atoms with Gasteiger partial charge in [0.05, 0.1) is 33.8 Å². The van der Waals surface area contributed by atoms with Gasteiger partial charge in [0.25, 0.3) is 7.82 Å². The molecule has 74 heavy (non-hydrogen) atoms. The molecule has 1 N–H and O–H groups in total. The van der Waals surface area contributed by atoms with Crippen LogP contribution in [-0.2, 0) is 27.9 Å². The van der Waals surface area contributed by atoms with Gasteiger partial charge >= 0.3 is 5.97 Å². The fraction of sp³-hybridized carbons (Fsp3) is 0.875. The van der Waals surface area contributed by atoms with E-state index in [1.807, 2.05) is 33.3 Å². The summed E-state index contributed by atoms with van der Waals surface area (Å²) in [6, 6.07) is -0.888. The van der Waals surface area contributed by atoms with Gasteiger partial charge in [-0.1, -0.05) is 257 Å². The molecule has 0 radical (unpaired) electrons. The second kappa shape index (κ2) is 54.6. The van der Waals surface area contributed by atoms with Crippen molar-refractivity contribution in [1.29, 1.82) is 0 Å². The van der Waals surface area contributed by atoms with Crippen molar-refractivity contribution in [3.8, 4) is 0 Å². The van der Waals surface area contributed by atoms with Crippen LogP contribution in [-0.4, -0.2) is 69.4 Å². The summed E-state index contributed by atoms with van der Waals surface area (Å²) in [6.45, 7) is 6.82. The zero-order valence-corrected chi connectivity index (χ0v) is 50.7. The van der Waals surface area contributed by atoms with E-state index < -0.39 is 20.0 Å². The van der Waals surface area contributed by atoms with E-state index >= 15 is 0 Å². The summed E-state index contributed by atoms with van der Waals surface area (Å²) in [4.78, 5) is 39.9. The van der Waals surface area contributed by atoms with Gasteiger partial charge in [0.15, 0.2) is 0 Å². The third-order valence-corrected chi connectivity index (χ3v) is 15.3. The summed E-state index contributed by atoms with van der Waals surface area (Å²) in [5, 5.41) is 3.02. The van der Waals surface area contributed by atoms with Crippen molar-refractivity contribution in [1.82, 2.24) is 5.32 Å². The van der Waals surface area contributed by atoms with Crippen LogP contribution in [0.5, 0.6) is 0 Å². The van der Waals surface area contributed by atoms with E-state index in [4.69, 9.17) is 13.8 Å². The van der Waals surface area contributed by atoms with Crippen LogP contribution in [0.25, 0.3) is 0 Å². The Bertz CT molecular complexity index is 1360. The SMILES string of the molecule is CCCC/C=C\CCCCCCCC(=O)NC(COP(=O)([O-])OCC[N+](C)(C)C)C(/C=C\CCCCCCCCCCCC)OC(=O)CCCCCCCCCCCCCCCCC/C=C/CCCCCCCC. The van der Waals surface area contributed by atoms with Crippen LogP contribution in [0.3, 0.4) is 0 Å². The molecule has 3 atom stereocenters. The van der Waals surface area contributed by atoms with E-state index in [0.717, 1.165) is 83.5 Å². The van der Waals surface area contributed by atoms with Crippen molar-refractivity contribution in [2.24, 2.45) is 0 Å². The molecule has 0 spiro atoms. The van der Waals surface area contributed by atoms with Gasteiger partial charge in [-0.2, -0.15) is 0 Å². The van der Waals surface area contributed by atoms with E-state index in [9.17, 15) is 19.0 Å². The lowest BCUT2D eigenvalue weighted by Gasteiger charge is -2.30. The molecule has 0 rings (SSSR count). The largest absolute Gasteiger partial charge is 0.756 e. The van der Waals surface area contributed by atoms with Gasteiger partial charge in [-0.15, -0.1) is 0 Å². The maximum Gasteiger partial charge on any atom is 0.306 e. The third kappa shape index (κ3) is 55.0. The number of hydrogen-bond donors (Lipinski definition) is 1. The molecule has 0 aromatic rings. The number of rotatable bonds is 58. The number of esters is 1. The fourth-order valence-corrected chi connectivity index (χ4v) is 10.0. The summed E-state index contributed by atoms with van der Waals surface area (Å²) >= 11 is 0. The number of allylic oxidation sites excluding steroid dienone is 5. The Morgan fingerprint density at radius 3 is 1.19 bits per heavy atom. The van der Waals surface area contributed by atoms with Gasteiger partial charge in [0.2, 0.25) is 5.91 Å². The number of carbonyl (C=O) groups is 2. The molecule has 0 bridgehead atoms. The second-order valence-electron chi connectivity index (χ2n) is 22.9. The van der Waals surface area contributed by atoms with E-state index in [1.54, 1.807) is 0 Å². The molecule has 3 unspecified atom stereocenters. The van der Waals surface area contributed by atoms with Crippen LogP contribution >= 0.6 is 7.82 Å². The van der Waals surface area contributed by atoms with Crippen LogP contribution in [0.1, 0.15) is 310 Å². The number of phosphoric ester groups is 1. The lowest BCUT2D eigenvalue weighted by Crippen LogP contribution is -2.47. The number of nitrogens with zero attached hydrogens (tertiary/aromatic N) is 1. The number of amides is 1. The molecule has 0 fully saturated rings. The average Bonchev–Trinajstić information content (AvgIpc) is 3.36. The first-order chi connectivity index (χ1) is 35.9. The summed E-state index contributed by atoms with van der Waals surface area (Å²) in [5.41, 5.74) is 0. The zero-order chi connectivity index (χ0) is 54.3.